The van der Waals surface area contributed by atoms with Crippen LogP contribution in [0, 0.1) is 10.1 Å². The van der Waals surface area contributed by atoms with E-state index in [0.717, 1.165) is 6.07 Å². The van der Waals surface area contributed by atoms with Gasteiger partial charge in [0, 0.05) is 6.07 Å². The Hall–Kier alpha value is -2.57. The molecule has 0 radical (unpaired) electrons. The Morgan fingerprint density at radius 1 is 1.53 bits per heavy atom. The lowest BCUT2D eigenvalue weighted by Gasteiger charge is -2.07. The first kappa shape index (κ1) is 12.5. The van der Waals surface area contributed by atoms with Gasteiger partial charge < -0.3 is 14.9 Å². The highest BCUT2D eigenvalue weighted by Gasteiger charge is 2.22. The zero-order valence-corrected chi connectivity index (χ0v) is 8.84. The van der Waals surface area contributed by atoms with Gasteiger partial charge in [0.25, 0.3) is 0 Å². The van der Waals surface area contributed by atoms with Crippen molar-refractivity contribution < 1.29 is 24.7 Å². The van der Waals surface area contributed by atoms with E-state index in [1.807, 2.05) is 0 Å². The van der Waals surface area contributed by atoms with Gasteiger partial charge in [-0.05, 0) is 11.6 Å². The second-order valence-electron chi connectivity index (χ2n) is 3.09. The number of ether oxygens (including phenoxy) is 1. The van der Waals surface area contributed by atoms with Crippen molar-refractivity contribution in [2.24, 2.45) is 0 Å². The van der Waals surface area contributed by atoms with Gasteiger partial charge in [0.1, 0.15) is 0 Å². The van der Waals surface area contributed by atoms with E-state index in [0.29, 0.717) is 0 Å². The zero-order valence-electron chi connectivity index (χ0n) is 8.84. The van der Waals surface area contributed by atoms with Crippen LogP contribution in [-0.4, -0.2) is 28.2 Å². The number of carbonyl (C=O) groups is 1. The van der Waals surface area contributed by atoms with Crippen molar-refractivity contribution in [2.75, 3.05) is 7.11 Å². The maximum absolute atomic E-state index is 10.7. The molecule has 0 unspecified atom stereocenters. The van der Waals surface area contributed by atoms with E-state index < -0.39 is 22.3 Å². The van der Waals surface area contributed by atoms with Crippen molar-refractivity contribution in [1.29, 1.82) is 0 Å². The molecule has 17 heavy (non-hydrogen) atoms. The summed E-state index contributed by atoms with van der Waals surface area (Å²) in [5.74, 6) is -2.15. The summed E-state index contributed by atoms with van der Waals surface area (Å²) >= 11 is 0. The third-order valence-electron chi connectivity index (χ3n) is 2.08. The lowest BCUT2D eigenvalue weighted by molar-refractivity contribution is -0.386. The van der Waals surface area contributed by atoms with Gasteiger partial charge in [-0.15, -0.1) is 0 Å². The fourth-order valence-corrected chi connectivity index (χ4v) is 1.19. The van der Waals surface area contributed by atoms with Crippen LogP contribution in [0.2, 0.25) is 0 Å². The minimum absolute atomic E-state index is 0.00106. The van der Waals surface area contributed by atoms with Gasteiger partial charge in [0.05, 0.1) is 17.6 Å². The molecule has 0 amide bonds. The third kappa shape index (κ3) is 2.33. The maximum Gasteiger partial charge on any atom is 0.335 e. The van der Waals surface area contributed by atoms with Crippen LogP contribution in [0.3, 0.4) is 0 Å². The van der Waals surface area contributed by atoms with Gasteiger partial charge in [-0.1, -0.05) is 6.58 Å². The molecule has 0 aliphatic rings. The highest BCUT2D eigenvalue weighted by Crippen LogP contribution is 2.38. The van der Waals surface area contributed by atoms with E-state index >= 15 is 0 Å². The Balaban J connectivity index is 3.45. The van der Waals surface area contributed by atoms with Gasteiger partial charge in [0.2, 0.25) is 5.75 Å². The minimum atomic E-state index is -1.31. The van der Waals surface area contributed by atoms with Crippen molar-refractivity contribution in [3.05, 3.63) is 34.4 Å². The number of nitro benzene ring substituents is 1. The Labute approximate surface area is 95.7 Å². The maximum atomic E-state index is 10.7. The number of hydrogen-bond acceptors (Lipinski definition) is 5. The fraction of sp³-hybridized carbons (Fsp3) is 0.100. The summed E-state index contributed by atoms with van der Waals surface area (Å²) in [6.07, 6.45) is 0. The number of aliphatic carboxylic acids is 1. The average molecular weight is 239 g/mol. The number of nitrogens with zero attached hydrogens (tertiary/aromatic N) is 1. The molecule has 0 fully saturated rings. The topological polar surface area (TPSA) is 110 Å². The minimum Gasteiger partial charge on any atom is -0.500 e. The van der Waals surface area contributed by atoms with Gasteiger partial charge in [-0.3, -0.25) is 10.1 Å². The monoisotopic (exact) mass is 239 g/mol. The summed E-state index contributed by atoms with van der Waals surface area (Å²) in [4.78, 5) is 20.5. The Bertz CT molecular complexity index is 508. The number of carboxylic acids is 1. The van der Waals surface area contributed by atoms with E-state index in [-0.39, 0.29) is 16.9 Å². The van der Waals surface area contributed by atoms with Crippen LogP contribution in [-0.2, 0) is 4.79 Å². The van der Waals surface area contributed by atoms with Crippen molar-refractivity contribution >= 4 is 17.2 Å². The second kappa shape index (κ2) is 4.52. The van der Waals surface area contributed by atoms with E-state index in [1.165, 1.54) is 13.2 Å². The van der Waals surface area contributed by atoms with Crippen LogP contribution in [0.15, 0.2) is 18.7 Å². The first-order valence-corrected chi connectivity index (χ1v) is 4.36. The summed E-state index contributed by atoms with van der Waals surface area (Å²) in [6, 6.07) is 2.09. The van der Waals surface area contributed by atoms with Crippen LogP contribution in [0.1, 0.15) is 5.56 Å². The van der Waals surface area contributed by atoms with Crippen LogP contribution in [0.4, 0.5) is 5.69 Å². The summed E-state index contributed by atoms with van der Waals surface area (Å²) in [6.45, 7) is 3.27. The number of phenolic OH excluding ortho intramolecular Hbond substituents is 1. The normalized spacial score (nSPS) is 9.71. The molecule has 1 rings (SSSR count). The standard InChI is InChI=1S/C10H9NO6/c1-5(10(13)14)6-3-7(11(15)16)9(12)8(4-6)17-2/h3-4,12H,1H2,2H3,(H,13,14). The van der Waals surface area contributed by atoms with Gasteiger partial charge >= 0.3 is 11.7 Å². The van der Waals surface area contributed by atoms with Crippen molar-refractivity contribution in [1.82, 2.24) is 0 Å². The number of phenols is 1. The number of methoxy groups -OCH3 is 1. The molecule has 0 saturated carbocycles. The molecule has 2 N–H and O–H groups in total. The molecular weight excluding hydrogens is 230 g/mol. The Kier molecular flexibility index (Phi) is 3.32. The second-order valence-corrected chi connectivity index (χ2v) is 3.09. The molecule has 1 aromatic carbocycles. The largest absolute Gasteiger partial charge is 0.500 e. The smallest absolute Gasteiger partial charge is 0.335 e. The molecule has 0 aromatic heterocycles. The number of hydrogen-bond donors (Lipinski definition) is 2. The molecule has 0 aliphatic carbocycles. The lowest BCUT2D eigenvalue weighted by Crippen LogP contribution is -2.00. The van der Waals surface area contributed by atoms with Gasteiger partial charge in [-0.2, -0.15) is 0 Å². The SMILES string of the molecule is C=C(C(=O)O)c1cc(OC)c(O)c([N+](=O)[O-])c1. The van der Waals surface area contributed by atoms with E-state index in [2.05, 4.69) is 6.58 Å². The molecule has 1 aromatic rings. The van der Waals surface area contributed by atoms with Crippen LogP contribution >= 0.6 is 0 Å². The molecule has 0 atom stereocenters. The lowest BCUT2D eigenvalue weighted by atomic mass is 10.1. The molecule has 0 bridgehead atoms. The van der Waals surface area contributed by atoms with E-state index in [9.17, 15) is 20.0 Å². The molecule has 90 valence electrons. The molecule has 0 aliphatic heterocycles. The molecule has 0 saturated heterocycles. The molecule has 0 heterocycles. The summed E-state index contributed by atoms with van der Waals surface area (Å²) in [7, 11) is 1.20. The van der Waals surface area contributed by atoms with Crippen molar-refractivity contribution in [2.45, 2.75) is 0 Å². The Morgan fingerprint density at radius 2 is 2.12 bits per heavy atom. The molecule has 7 heteroatoms. The van der Waals surface area contributed by atoms with E-state index in [1.54, 1.807) is 0 Å². The molecule has 7 nitrogen and oxygen atoms in total. The summed E-state index contributed by atoms with van der Waals surface area (Å²) < 4.78 is 4.72. The van der Waals surface area contributed by atoms with Crippen LogP contribution in [0.5, 0.6) is 11.5 Å². The predicted molar refractivity (Wildman–Crippen MR) is 58.0 cm³/mol. The highest BCUT2D eigenvalue weighted by atomic mass is 16.6. The zero-order chi connectivity index (χ0) is 13.2. The number of aromatic hydroxyl groups is 1. The quantitative estimate of drug-likeness (QED) is 0.467. The first-order chi connectivity index (χ1) is 7.88. The number of carboxylic acid groups (broad SMARTS) is 1. The summed E-state index contributed by atoms with van der Waals surface area (Å²) in [5, 5.41) is 28.8. The molecular formula is C10H9NO6. The average Bonchev–Trinajstić information content (AvgIpc) is 2.27. The van der Waals surface area contributed by atoms with Gasteiger partial charge in [-0.25, -0.2) is 4.79 Å². The van der Waals surface area contributed by atoms with Gasteiger partial charge in [0.15, 0.2) is 5.75 Å². The fourth-order valence-electron chi connectivity index (χ4n) is 1.19. The van der Waals surface area contributed by atoms with Crippen LogP contribution < -0.4 is 4.74 Å². The number of nitro groups is 1. The van der Waals surface area contributed by atoms with E-state index in [4.69, 9.17) is 9.84 Å². The molecule has 0 spiro atoms. The van der Waals surface area contributed by atoms with Crippen LogP contribution in [0.25, 0.3) is 5.57 Å². The van der Waals surface area contributed by atoms with Crippen molar-refractivity contribution in [3.8, 4) is 11.5 Å². The third-order valence-corrected chi connectivity index (χ3v) is 2.08. The predicted octanol–water partition coefficient (Wildman–Crippen LogP) is 1.41. The summed E-state index contributed by atoms with van der Waals surface area (Å²) in [5.41, 5.74) is -0.966. The first-order valence-electron chi connectivity index (χ1n) is 4.36. The number of rotatable bonds is 4. The highest BCUT2D eigenvalue weighted by molar-refractivity contribution is 6.14. The Morgan fingerprint density at radius 3 is 2.53 bits per heavy atom. The van der Waals surface area contributed by atoms with Crippen molar-refractivity contribution in [3.63, 3.8) is 0 Å². The number of benzene rings is 1.